The van der Waals surface area contributed by atoms with Crippen LogP contribution in [0.3, 0.4) is 0 Å². The van der Waals surface area contributed by atoms with E-state index in [0.717, 1.165) is 41.5 Å². The predicted molar refractivity (Wildman–Crippen MR) is 115 cm³/mol. The first kappa shape index (κ1) is 21.5. The fourth-order valence-electron chi connectivity index (χ4n) is 3.65. The van der Waals surface area contributed by atoms with Crippen molar-refractivity contribution in [1.29, 1.82) is 0 Å². The number of anilines is 1. The number of hydrogen-bond acceptors (Lipinski definition) is 5. The normalized spacial score (nSPS) is 14.5. The van der Waals surface area contributed by atoms with E-state index in [4.69, 9.17) is 21.4 Å². The van der Waals surface area contributed by atoms with Gasteiger partial charge in [0.15, 0.2) is 17.2 Å². The molecule has 1 aromatic carbocycles. The number of nitrogens with one attached hydrogen (secondary N) is 1. The molecule has 0 saturated heterocycles. The molecule has 3 rings (SSSR count). The molecule has 1 aliphatic rings. The maximum Gasteiger partial charge on any atom is 0.349 e. The van der Waals surface area contributed by atoms with E-state index in [1.165, 1.54) is 32.1 Å². The van der Waals surface area contributed by atoms with Crippen LogP contribution in [0.4, 0.5) is 5.69 Å². The molecule has 0 atom stereocenters. The molecule has 1 heterocycles. The number of carbonyl (C=O) groups is 2. The Morgan fingerprint density at radius 1 is 1.21 bits per heavy atom. The van der Waals surface area contributed by atoms with Crippen LogP contribution in [0.15, 0.2) is 24.3 Å². The molecular formula is C21H24ClNO5S. The number of carboxylic acids is 2. The number of carboxylic acid groups (broad SMARTS) is 2. The lowest BCUT2D eigenvalue weighted by Gasteiger charge is -2.21. The highest BCUT2D eigenvalue weighted by molar-refractivity contribution is 7.18. The molecule has 8 heteroatoms. The van der Waals surface area contributed by atoms with Crippen LogP contribution >= 0.6 is 22.9 Å². The van der Waals surface area contributed by atoms with E-state index >= 15 is 0 Å². The first-order valence-electron chi connectivity index (χ1n) is 9.70. The second-order valence-electron chi connectivity index (χ2n) is 7.19. The van der Waals surface area contributed by atoms with E-state index in [2.05, 4.69) is 5.32 Å². The monoisotopic (exact) mass is 437 g/mol. The Hall–Kier alpha value is -2.25. The molecule has 3 N–H and O–H groups in total. The van der Waals surface area contributed by atoms with Gasteiger partial charge in [-0.3, -0.25) is 0 Å². The average molecular weight is 438 g/mol. The van der Waals surface area contributed by atoms with Gasteiger partial charge in [-0.25, -0.2) is 9.59 Å². The van der Waals surface area contributed by atoms with E-state index in [1.54, 1.807) is 0 Å². The Bertz CT molecular complexity index is 876. The minimum Gasteiger partial charge on any atom is -0.479 e. The van der Waals surface area contributed by atoms with Crippen molar-refractivity contribution in [3.63, 3.8) is 0 Å². The lowest BCUT2D eigenvalue weighted by molar-refractivity contribution is -0.139. The second kappa shape index (κ2) is 9.98. The fourth-order valence-corrected chi connectivity index (χ4v) is 5.05. The van der Waals surface area contributed by atoms with Crippen LogP contribution in [0.2, 0.25) is 5.02 Å². The number of aliphatic carboxylic acids is 1. The van der Waals surface area contributed by atoms with Crippen molar-refractivity contribution in [2.24, 2.45) is 5.92 Å². The molecule has 2 aromatic rings. The Morgan fingerprint density at radius 3 is 2.66 bits per heavy atom. The van der Waals surface area contributed by atoms with Crippen molar-refractivity contribution in [3.8, 4) is 16.2 Å². The molecule has 6 nitrogen and oxygen atoms in total. The van der Waals surface area contributed by atoms with Gasteiger partial charge < -0.3 is 20.3 Å². The maximum atomic E-state index is 11.5. The van der Waals surface area contributed by atoms with Crippen LogP contribution in [0.5, 0.6) is 5.75 Å². The van der Waals surface area contributed by atoms with E-state index in [-0.39, 0.29) is 15.6 Å². The molecule has 0 bridgehead atoms. The van der Waals surface area contributed by atoms with Crippen molar-refractivity contribution >= 4 is 40.6 Å². The minimum absolute atomic E-state index is 0.0998. The first-order chi connectivity index (χ1) is 14.0. The van der Waals surface area contributed by atoms with Crippen LogP contribution < -0.4 is 10.1 Å². The topological polar surface area (TPSA) is 95.9 Å². The molecule has 156 valence electrons. The Kier molecular flexibility index (Phi) is 7.39. The average Bonchev–Trinajstić information content (AvgIpc) is 3.04. The molecule has 0 aliphatic heterocycles. The van der Waals surface area contributed by atoms with Gasteiger partial charge in [0.1, 0.15) is 5.02 Å². The Labute approximate surface area is 178 Å². The smallest absolute Gasteiger partial charge is 0.349 e. The molecule has 1 aliphatic carbocycles. The van der Waals surface area contributed by atoms with Gasteiger partial charge in [0.25, 0.3) is 0 Å². The standard InChI is InChI=1S/C21H24ClNO5S/c22-17-18(28-12-16(24)25)20(21(26)27)29-19(17)14-7-4-8-15(11-14)23-10-9-13-5-2-1-3-6-13/h4,7-8,11,13,23H,1-3,5-6,9-10,12H2,(H,24,25)(H,26,27). The van der Waals surface area contributed by atoms with Gasteiger partial charge in [-0.05, 0) is 30.0 Å². The van der Waals surface area contributed by atoms with Gasteiger partial charge in [0.2, 0.25) is 0 Å². The van der Waals surface area contributed by atoms with Gasteiger partial charge in [-0.2, -0.15) is 0 Å². The molecule has 0 radical (unpaired) electrons. The van der Waals surface area contributed by atoms with Gasteiger partial charge >= 0.3 is 11.9 Å². The summed E-state index contributed by atoms with van der Waals surface area (Å²) in [6.45, 7) is 0.235. The van der Waals surface area contributed by atoms with Crippen LogP contribution in [0.1, 0.15) is 48.2 Å². The van der Waals surface area contributed by atoms with Crippen molar-refractivity contribution < 1.29 is 24.5 Å². The Balaban J connectivity index is 1.74. The number of halogens is 1. The number of ether oxygens (including phenoxy) is 1. The molecule has 0 unspecified atom stereocenters. The van der Waals surface area contributed by atoms with Crippen molar-refractivity contribution in [1.82, 2.24) is 0 Å². The lowest BCUT2D eigenvalue weighted by atomic mass is 9.87. The third-order valence-corrected chi connectivity index (χ3v) is 6.76. The quantitative estimate of drug-likeness (QED) is 0.471. The first-order valence-corrected chi connectivity index (χ1v) is 10.9. The summed E-state index contributed by atoms with van der Waals surface area (Å²) in [6.07, 6.45) is 7.77. The summed E-state index contributed by atoms with van der Waals surface area (Å²) in [7, 11) is 0. The van der Waals surface area contributed by atoms with Crippen LogP contribution in [-0.2, 0) is 4.79 Å². The largest absolute Gasteiger partial charge is 0.479 e. The highest BCUT2D eigenvalue weighted by Crippen LogP contribution is 2.45. The van der Waals surface area contributed by atoms with Crippen LogP contribution in [-0.4, -0.2) is 35.3 Å². The van der Waals surface area contributed by atoms with E-state index in [1.807, 2.05) is 24.3 Å². The zero-order chi connectivity index (χ0) is 20.8. The van der Waals surface area contributed by atoms with Crippen molar-refractivity contribution in [2.75, 3.05) is 18.5 Å². The summed E-state index contributed by atoms with van der Waals surface area (Å²) in [6, 6.07) is 7.61. The number of thiophene rings is 1. The lowest BCUT2D eigenvalue weighted by Crippen LogP contribution is -2.12. The summed E-state index contributed by atoms with van der Waals surface area (Å²) < 4.78 is 5.14. The summed E-state index contributed by atoms with van der Waals surface area (Å²) in [5.41, 5.74) is 1.70. The van der Waals surface area contributed by atoms with Crippen molar-refractivity contribution in [2.45, 2.75) is 38.5 Å². The number of hydrogen-bond donors (Lipinski definition) is 3. The number of benzene rings is 1. The molecule has 0 amide bonds. The molecule has 29 heavy (non-hydrogen) atoms. The molecule has 0 spiro atoms. The van der Waals surface area contributed by atoms with E-state index in [0.29, 0.717) is 4.88 Å². The molecule has 1 aromatic heterocycles. The third kappa shape index (κ3) is 5.64. The minimum atomic E-state index is -1.20. The third-order valence-electron chi connectivity index (χ3n) is 5.07. The Morgan fingerprint density at radius 2 is 1.97 bits per heavy atom. The second-order valence-corrected chi connectivity index (χ2v) is 8.59. The van der Waals surface area contributed by atoms with E-state index in [9.17, 15) is 14.7 Å². The fraction of sp³-hybridized carbons (Fsp3) is 0.429. The van der Waals surface area contributed by atoms with Gasteiger partial charge in [-0.15, -0.1) is 11.3 Å². The number of rotatable bonds is 9. The summed E-state index contributed by atoms with van der Waals surface area (Å²) in [5.74, 6) is -1.71. The molecule has 1 fully saturated rings. The molecule has 1 saturated carbocycles. The van der Waals surface area contributed by atoms with Crippen molar-refractivity contribution in [3.05, 3.63) is 34.2 Å². The zero-order valence-electron chi connectivity index (χ0n) is 15.9. The zero-order valence-corrected chi connectivity index (χ0v) is 17.5. The molecular weight excluding hydrogens is 414 g/mol. The van der Waals surface area contributed by atoms with Crippen LogP contribution in [0.25, 0.3) is 10.4 Å². The number of aromatic carboxylic acids is 1. The van der Waals surface area contributed by atoms with Gasteiger partial charge in [0, 0.05) is 12.2 Å². The summed E-state index contributed by atoms with van der Waals surface area (Å²) >= 11 is 7.34. The summed E-state index contributed by atoms with van der Waals surface area (Å²) in [5, 5.41) is 21.8. The van der Waals surface area contributed by atoms with E-state index < -0.39 is 18.5 Å². The van der Waals surface area contributed by atoms with Crippen LogP contribution in [0, 0.1) is 5.92 Å². The highest BCUT2D eigenvalue weighted by Gasteiger charge is 2.24. The van der Waals surface area contributed by atoms with Gasteiger partial charge in [-0.1, -0.05) is 55.8 Å². The maximum absolute atomic E-state index is 11.5. The predicted octanol–water partition coefficient (Wildman–Crippen LogP) is 5.61. The SMILES string of the molecule is O=C(O)COc1c(C(=O)O)sc(-c2cccc(NCCC3CCCCC3)c2)c1Cl. The summed E-state index contributed by atoms with van der Waals surface area (Å²) in [4.78, 5) is 22.7. The van der Waals surface area contributed by atoms with Gasteiger partial charge in [0.05, 0.1) is 4.88 Å². The highest BCUT2D eigenvalue weighted by atomic mass is 35.5.